The molecule has 2 heterocycles. The zero-order valence-electron chi connectivity index (χ0n) is 10.4. The number of rotatable bonds is 5. The average Bonchev–Trinajstić information content (AvgIpc) is 2.76. The molecule has 0 fully saturated rings. The first-order valence-corrected chi connectivity index (χ1v) is 6.57. The second-order valence-electron chi connectivity index (χ2n) is 4.72. The van der Waals surface area contributed by atoms with Crippen LogP contribution in [0.25, 0.3) is 0 Å². The van der Waals surface area contributed by atoms with Gasteiger partial charge in [0.1, 0.15) is 0 Å². The third-order valence-electron chi connectivity index (χ3n) is 3.41. The van der Waals surface area contributed by atoms with E-state index in [0.717, 1.165) is 44.3 Å². The van der Waals surface area contributed by atoms with Gasteiger partial charge in [-0.05, 0) is 19.3 Å². The summed E-state index contributed by atoms with van der Waals surface area (Å²) in [4.78, 5) is 23.9. The summed E-state index contributed by atoms with van der Waals surface area (Å²) >= 11 is 0. The first-order chi connectivity index (χ1) is 8.24. The lowest BCUT2D eigenvalue weighted by Gasteiger charge is -2.08. The molecule has 0 amide bonds. The van der Waals surface area contributed by atoms with Gasteiger partial charge in [0.25, 0.3) is 5.56 Å². The fourth-order valence-electron chi connectivity index (χ4n) is 2.43. The van der Waals surface area contributed by atoms with Crippen molar-refractivity contribution in [2.45, 2.75) is 58.5 Å². The van der Waals surface area contributed by atoms with Crippen LogP contribution < -0.4 is 11.2 Å². The molecule has 0 radical (unpaired) electrons. The Kier molecular flexibility index (Phi) is 3.82. The highest BCUT2D eigenvalue weighted by molar-refractivity contribution is 5.06. The summed E-state index contributed by atoms with van der Waals surface area (Å²) in [6.07, 6.45) is 6.18. The Morgan fingerprint density at radius 1 is 1.24 bits per heavy atom. The molecule has 0 saturated heterocycles. The van der Waals surface area contributed by atoms with Crippen LogP contribution in [0, 0.1) is 0 Å². The fraction of sp³-hybridized carbons (Fsp3) is 0.692. The Hall–Kier alpha value is -1.32. The van der Waals surface area contributed by atoms with Crippen LogP contribution in [0.2, 0.25) is 0 Å². The van der Waals surface area contributed by atoms with Gasteiger partial charge in [0.15, 0.2) is 0 Å². The molecule has 1 aliphatic heterocycles. The van der Waals surface area contributed by atoms with E-state index >= 15 is 0 Å². The molecule has 17 heavy (non-hydrogen) atoms. The van der Waals surface area contributed by atoms with E-state index in [1.807, 2.05) is 0 Å². The highest BCUT2D eigenvalue weighted by atomic mass is 16.2. The van der Waals surface area contributed by atoms with Crippen molar-refractivity contribution in [2.24, 2.45) is 0 Å². The molecule has 0 atom stereocenters. The summed E-state index contributed by atoms with van der Waals surface area (Å²) in [7, 11) is 0. The van der Waals surface area contributed by atoms with Crippen LogP contribution in [0.5, 0.6) is 0 Å². The Morgan fingerprint density at radius 3 is 2.82 bits per heavy atom. The third kappa shape index (κ3) is 2.51. The summed E-state index contributed by atoms with van der Waals surface area (Å²) in [6.45, 7) is 3.48. The van der Waals surface area contributed by atoms with Gasteiger partial charge in [-0.2, -0.15) is 0 Å². The van der Waals surface area contributed by atoms with E-state index in [2.05, 4.69) is 6.92 Å². The average molecular weight is 236 g/mol. The van der Waals surface area contributed by atoms with E-state index in [-0.39, 0.29) is 11.2 Å². The summed E-state index contributed by atoms with van der Waals surface area (Å²) in [5.74, 6) is 0. The van der Waals surface area contributed by atoms with Gasteiger partial charge in [0.05, 0.1) is 0 Å². The lowest BCUT2D eigenvalue weighted by atomic mass is 10.2. The van der Waals surface area contributed by atoms with Gasteiger partial charge in [-0.25, -0.2) is 4.79 Å². The van der Waals surface area contributed by atoms with Gasteiger partial charge in [-0.15, -0.1) is 0 Å². The molecule has 0 unspecified atom stereocenters. The summed E-state index contributed by atoms with van der Waals surface area (Å²) in [5, 5.41) is 0. The van der Waals surface area contributed by atoms with Gasteiger partial charge >= 0.3 is 5.69 Å². The maximum atomic E-state index is 12.1. The molecule has 4 heteroatoms. The quantitative estimate of drug-likeness (QED) is 0.728. The Bertz CT molecular complexity index is 499. The number of fused-ring (bicyclic) bond motifs is 1. The molecule has 4 nitrogen and oxygen atoms in total. The predicted molar refractivity (Wildman–Crippen MR) is 67.4 cm³/mol. The Morgan fingerprint density at radius 2 is 2.06 bits per heavy atom. The minimum atomic E-state index is -0.125. The normalized spacial score (nSPS) is 13.9. The number of hydrogen-bond donors (Lipinski definition) is 0. The minimum absolute atomic E-state index is 0.110. The van der Waals surface area contributed by atoms with Crippen LogP contribution in [0.15, 0.2) is 15.7 Å². The maximum Gasteiger partial charge on any atom is 0.331 e. The number of unbranched alkanes of at least 4 members (excludes halogenated alkanes) is 3. The van der Waals surface area contributed by atoms with Crippen molar-refractivity contribution in [1.29, 1.82) is 0 Å². The molecule has 0 bridgehead atoms. The fourth-order valence-corrected chi connectivity index (χ4v) is 2.43. The van der Waals surface area contributed by atoms with E-state index in [1.165, 1.54) is 11.0 Å². The Labute approximate surface area is 101 Å². The number of aromatic nitrogens is 2. The van der Waals surface area contributed by atoms with Crippen molar-refractivity contribution in [2.75, 3.05) is 0 Å². The highest BCUT2D eigenvalue weighted by Crippen LogP contribution is 2.08. The summed E-state index contributed by atoms with van der Waals surface area (Å²) in [6, 6.07) is 1.63. The summed E-state index contributed by atoms with van der Waals surface area (Å²) < 4.78 is 3.14. The summed E-state index contributed by atoms with van der Waals surface area (Å²) in [5.41, 5.74) is 0.672. The smallest absolute Gasteiger partial charge is 0.298 e. The molecule has 0 spiro atoms. The maximum absolute atomic E-state index is 12.1. The van der Waals surface area contributed by atoms with Crippen molar-refractivity contribution in [3.8, 4) is 0 Å². The van der Waals surface area contributed by atoms with Crippen LogP contribution >= 0.6 is 0 Å². The molecule has 0 saturated carbocycles. The lowest BCUT2D eigenvalue weighted by molar-refractivity contribution is 0.523. The van der Waals surface area contributed by atoms with Crippen molar-refractivity contribution >= 4 is 0 Å². The SMILES string of the molecule is CCCCCCn1c(=O)cc2n(c1=O)CCC2. The highest BCUT2D eigenvalue weighted by Gasteiger charge is 2.15. The molecular formula is C13H20N2O2. The van der Waals surface area contributed by atoms with E-state index in [0.29, 0.717) is 6.54 Å². The zero-order valence-corrected chi connectivity index (χ0v) is 10.4. The molecule has 1 aliphatic rings. The third-order valence-corrected chi connectivity index (χ3v) is 3.41. The molecule has 0 aromatic carbocycles. The molecule has 0 N–H and O–H groups in total. The van der Waals surface area contributed by atoms with Gasteiger partial charge < -0.3 is 0 Å². The molecule has 1 aromatic heterocycles. The van der Waals surface area contributed by atoms with Gasteiger partial charge in [-0.1, -0.05) is 26.2 Å². The van der Waals surface area contributed by atoms with E-state index < -0.39 is 0 Å². The van der Waals surface area contributed by atoms with Gasteiger partial charge in [-0.3, -0.25) is 13.9 Å². The number of nitrogens with zero attached hydrogens (tertiary/aromatic N) is 2. The topological polar surface area (TPSA) is 44.0 Å². The van der Waals surface area contributed by atoms with E-state index in [4.69, 9.17) is 0 Å². The lowest BCUT2D eigenvalue weighted by Crippen LogP contribution is -2.39. The largest absolute Gasteiger partial charge is 0.331 e. The molecule has 94 valence electrons. The van der Waals surface area contributed by atoms with Crippen molar-refractivity contribution < 1.29 is 0 Å². The molecule has 0 aliphatic carbocycles. The van der Waals surface area contributed by atoms with Crippen molar-refractivity contribution in [3.63, 3.8) is 0 Å². The van der Waals surface area contributed by atoms with Crippen LogP contribution in [0.4, 0.5) is 0 Å². The minimum Gasteiger partial charge on any atom is -0.298 e. The molecular weight excluding hydrogens is 216 g/mol. The first-order valence-electron chi connectivity index (χ1n) is 6.57. The Balaban J connectivity index is 2.17. The zero-order chi connectivity index (χ0) is 12.3. The van der Waals surface area contributed by atoms with E-state index in [1.54, 1.807) is 10.6 Å². The van der Waals surface area contributed by atoms with Crippen LogP contribution in [-0.2, 0) is 19.5 Å². The second-order valence-corrected chi connectivity index (χ2v) is 4.72. The second kappa shape index (κ2) is 5.34. The number of aryl methyl sites for hydroxylation is 1. The molecule has 1 aromatic rings. The van der Waals surface area contributed by atoms with Crippen LogP contribution in [0.3, 0.4) is 0 Å². The van der Waals surface area contributed by atoms with Crippen molar-refractivity contribution in [1.82, 2.24) is 9.13 Å². The molecule has 2 rings (SSSR count). The van der Waals surface area contributed by atoms with Crippen molar-refractivity contribution in [3.05, 3.63) is 32.6 Å². The first kappa shape index (κ1) is 12.1. The van der Waals surface area contributed by atoms with E-state index in [9.17, 15) is 9.59 Å². The van der Waals surface area contributed by atoms with Gasteiger partial charge in [0, 0.05) is 24.8 Å². The number of hydrogen-bond acceptors (Lipinski definition) is 2. The van der Waals surface area contributed by atoms with Crippen LogP contribution in [-0.4, -0.2) is 9.13 Å². The van der Waals surface area contributed by atoms with Crippen LogP contribution in [0.1, 0.15) is 44.7 Å². The van der Waals surface area contributed by atoms with Gasteiger partial charge in [0.2, 0.25) is 0 Å². The predicted octanol–water partition coefficient (Wildman–Crippen LogP) is 1.54. The standard InChI is InChI=1S/C13H20N2O2/c1-2-3-4-5-8-15-12(16)10-11-7-6-9-14(11)13(15)17/h10H,2-9H2,1H3. The monoisotopic (exact) mass is 236 g/mol.